The average Bonchev–Trinajstić information content (AvgIpc) is 2.68. The van der Waals surface area contributed by atoms with Gasteiger partial charge in [-0.1, -0.05) is 20.3 Å². The van der Waals surface area contributed by atoms with Gasteiger partial charge >= 0.3 is 0 Å². The van der Waals surface area contributed by atoms with Crippen molar-refractivity contribution in [1.29, 1.82) is 0 Å². The highest BCUT2D eigenvalue weighted by atomic mass is 16.2. The Hall–Kier alpha value is -0.610. The van der Waals surface area contributed by atoms with Crippen LogP contribution in [-0.4, -0.2) is 53.6 Å². The summed E-state index contributed by atoms with van der Waals surface area (Å²) in [6.07, 6.45) is 3.44. The van der Waals surface area contributed by atoms with Crippen molar-refractivity contribution in [2.45, 2.75) is 71.2 Å². The Morgan fingerprint density at radius 3 is 2.68 bits per heavy atom. The molecule has 0 saturated carbocycles. The van der Waals surface area contributed by atoms with Gasteiger partial charge in [-0.3, -0.25) is 10.1 Å². The molecule has 1 N–H and O–H groups in total. The number of amides is 1. The van der Waals surface area contributed by atoms with E-state index in [1.54, 1.807) is 0 Å². The van der Waals surface area contributed by atoms with Gasteiger partial charge in [-0.25, -0.2) is 0 Å². The van der Waals surface area contributed by atoms with Crippen LogP contribution in [-0.2, 0) is 4.79 Å². The van der Waals surface area contributed by atoms with E-state index in [2.05, 4.69) is 49.9 Å². The predicted octanol–water partition coefficient (Wildman–Crippen LogP) is 1.66. The lowest BCUT2D eigenvalue weighted by Gasteiger charge is -2.40. The summed E-state index contributed by atoms with van der Waals surface area (Å²) in [5.74, 6) is 0.743. The van der Waals surface area contributed by atoms with Crippen molar-refractivity contribution in [3.05, 3.63) is 0 Å². The van der Waals surface area contributed by atoms with Gasteiger partial charge in [0.05, 0.1) is 12.2 Å². The lowest BCUT2D eigenvalue weighted by molar-refractivity contribution is -0.134. The maximum atomic E-state index is 12.7. The van der Waals surface area contributed by atoms with Crippen LogP contribution in [0.3, 0.4) is 0 Å². The fourth-order valence-corrected chi connectivity index (χ4v) is 3.42. The first-order chi connectivity index (χ1) is 8.95. The third-order valence-electron chi connectivity index (χ3n) is 5.15. The van der Waals surface area contributed by atoms with Crippen molar-refractivity contribution >= 4 is 5.91 Å². The van der Waals surface area contributed by atoms with Crippen LogP contribution in [0.25, 0.3) is 0 Å². The number of carbonyl (C=O) groups is 1. The molecule has 0 bridgehead atoms. The number of hydrogen-bond donors (Lipinski definition) is 1. The monoisotopic (exact) mass is 267 g/mol. The molecule has 0 spiro atoms. The fourth-order valence-electron chi connectivity index (χ4n) is 3.42. The van der Waals surface area contributed by atoms with Crippen molar-refractivity contribution in [3.8, 4) is 0 Å². The highest BCUT2D eigenvalue weighted by Crippen LogP contribution is 2.27. The van der Waals surface area contributed by atoms with E-state index in [-0.39, 0.29) is 12.2 Å². The first-order valence-corrected chi connectivity index (χ1v) is 7.74. The minimum absolute atomic E-state index is 0.0231. The van der Waals surface area contributed by atoms with E-state index >= 15 is 0 Å². The second-order valence-corrected chi connectivity index (χ2v) is 6.46. The highest BCUT2D eigenvalue weighted by molar-refractivity contribution is 5.85. The molecular formula is C15H29N3O. The molecule has 4 heteroatoms. The lowest BCUT2D eigenvalue weighted by Crippen LogP contribution is -2.51. The van der Waals surface area contributed by atoms with Gasteiger partial charge in [0.2, 0.25) is 5.91 Å². The fraction of sp³-hybridized carbons (Fsp3) is 0.933. The lowest BCUT2D eigenvalue weighted by atomic mass is 9.95. The van der Waals surface area contributed by atoms with Crippen molar-refractivity contribution in [2.75, 3.05) is 13.6 Å². The molecule has 2 aliphatic rings. The van der Waals surface area contributed by atoms with Crippen molar-refractivity contribution in [2.24, 2.45) is 5.92 Å². The number of likely N-dealkylation sites (tertiary alicyclic amines) is 1. The van der Waals surface area contributed by atoms with Crippen molar-refractivity contribution < 1.29 is 4.79 Å². The molecule has 0 aliphatic carbocycles. The molecule has 19 heavy (non-hydrogen) atoms. The van der Waals surface area contributed by atoms with Gasteiger partial charge in [0.1, 0.15) is 0 Å². The highest BCUT2D eigenvalue weighted by Gasteiger charge is 2.43. The van der Waals surface area contributed by atoms with Crippen LogP contribution in [0.2, 0.25) is 0 Å². The van der Waals surface area contributed by atoms with Crippen molar-refractivity contribution in [3.63, 3.8) is 0 Å². The van der Waals surface area contributed by atoms with Gasteiger partial charge in [0.15, 0.2) is 0 Å². The quantitative estimate of drug-likeness (QED) is 0.845. The van der Waals surface area contributed by atoms with Crippen LogP contribution in [0.1, 0.15) is 47.0 Å². The Balaban J connectivity index is 2.06. The Kier molecular flexibility index (Phi) is 4.51. The third kappa shape index (κ3) is 2.79. The van der Waals surface area contributed by atoms with E-state index in [0.29, 0.717) is 23.9 Å². The molecule has 2 aliphatic heterocycles. The van der Waals surface area contributed by atoms with E-state index in [9.17, 15) is 4.79 Å². The third-order valence-corrected chi connectivity index (χ3v) is 5.15. The van der Waals surface area contributed by atoms with Gasteiger partial charge in [0.25, 0.3) is 0 Å². The average molecular weight is 267 g/mol. The van der Waals surface area contributed by atoms with Gasteiger partial charge < -0.3 is 9.80 Å². The van der Waals surface area contributed by atoms with E-state index in [1.165, 1.54) is 0 Å². The van der Waals surface area contributed by atoms with E-state index < -0.39 is 0 Å². The van der Waals surface area contributed by atoms with Crippen LogP contribution in [0.5, 0.6) is 0 Å². The van der Waals surface area contributed by atoms with Gasteiger partial charge in [-0.05, 0) is 39.7 Å². The summed E-state index contributed by atoms with van der Waals surface area (Å²) < 4.78 is 0. The molecule has 5 atom stereocenters. The molecule has 5 unspecified atom stereocenters. The zero-order valence-electron chi connectivity index (χ0n) is 13.0. The summed E-state index contributed by atoms with van der Waals surface area (Å²) in [6.45, 7) is 9.81. The first-order valence-electron chi connectivity index (χ1n) is 7.74. The first kappa shape index (κ1) is 14.8. The summed E-state index contributed by atoms with van der Waals surface area (Å²) in [5.41, 5.74) is 0. The number of rotatable bonds is 3. The number of hydrogen-bond acceptors (Lipinski definition) is 3. The normalized spacial score (nSPS) is 38.8. The Bertz CT molecular complexity index is 333. The largest absolute Gasteiger partial charge is 0.323 e. The molecular weight excluding hydrogens is 238 g/mol. The van der Waals surface area contributed by atoms with E-state index in [1.807, 2.05) is 0 Å². The van der Waals surface area contributed by atoms with E-state index in [4.69, 9.17) is 0 Å². The number of nitrogens with one attached hydrogen (secondary N) is 1. The topological polar surface area (TPSA) is 35.6 Å². The second-order valence-electron chi connectivity index (χ2n) is 6.46. The second kappa shape index (κ2) is 5.80. The molecule has 2 fully saturated rings. The van der Waals surface area contributed by atoms with Crippen LogP contribution < -0.4 is 5.32 Å². The zero-order valence-corrected chi connectivity index (χ0v) is 13.0. The number of carbonyl (C=O) groups excluding carboxylic acids is 1. The maximum Gasteiger partial charge on any atom is 0.241 e. The Morgan fingerprint density at radius 1 is 1.42 bits per heavy atom. The summed E-state index contributed by atoms with van der Waals surface area (Å²) in [7, 11) is 2.18. The SMILES string of the molecule is CCC(C)C1NC(C)N(C2CCN(C)C(C)C2)C1=O. The van der Waals surface area contributed by atoms with Crippen LogP contribution in [0.4, 0.5) is 0 Å². The molecule has 1 amide bonds. The summed E-state index contributed by atoms with van der Waals surface area (Å²) >= 11 is 0. The molecule has 2 heterocycles. The van der Waals surface area contributed by atoms with Crippen LogP contribution in [0, 0.1) is 5.92 Å². The molecule has 0 aromatic rings. The molecule has 0 aromatic heterocycles. The standard InChI is InChI=1S/C15H29N3O/c1-6-10(2)14-15(19)18(12(4)16-14)13-7-8-17(5)11(3)9-13/h10-14,16H,6-9H2,1-5H3. The molecule has 2 rings (SSSR count). The van der Waals surface area contributed by atoms with Crippen LogP contribution in [0.15, 0.2) is 0 Å². The van der Waals surface area contributed by atoms with Crippen molar-refractivity contribution in [1.82, 2.24) is 15.1 Å². The predicted molar refractivity (Wildman–Crippen MR) is 77.8 cm³/mol. The van der Waals surface area contributed by atoms with Gasteiger partial charge in [-0.2, -0.15) is 0 Å². The summed E-state index contributed by atoms with van der Waals surface area (Å²) in [4.78, 5) is 17.2. The number of piperidine rings is 1. The van der Waals surface area contributed by atoms with E-state index in [0.717, 1.165) is 25.8 Å². The minimum Gasteiger partial charge on any atom is -0.323 e. The zero-order chi connectivity index (χ0) is 14.2. The Morgan fingerprint density at radius 2 is 2.11 bits per heavy atom. The smallest absolute Gasteiger partial charge is 0.241 e. The molecule has 4 nitrogen and oxygen atoms in total. The summed E-state index contributed by atoms with van der Waals surface area (Å²) in [5, 5.41) is 3.49. The van der Waals surface area contributed by atoms with Gasteiger partial charge in [0, 0.05) is 18.6 Å². The van der Waals surface area contributed by atoms with Crippen LogP contribution >= 0.6 is 0 Å². The minimum atomic E-state index is 0.0231. The molecule has 0 aromatic carbocycles. The Labute approximate surface area is 117 Å². The number of nitrogens with zero attached hydrogens (tertiary/aromatic N) is 2. The molecule has 2 saturated heterocycles. The summed E-state index contributed by atoms with van der Waals surface area (Å²) in [6, 6.07) is 1.01. The van der Waals surface area contributed by atoms with Gasteiger partial charge in [-0.15, -0.1) is 0 Å². The molecule has 0 radical (unpaired) electrons. The molecule has 110 valence electrons. The maximum absolute atomic E-state index is 12.7.